The van der Waals surface area contributed by atoms with Crippen molar-refractivity contribution < 1.29 is 19.4 Å². The van der Waals surface area contributed by atoms with E-state index < -0.39 is 11.4 Å². The lowest BCUT2D eigenvalue weighted by molar-refractivity contribution is -0.153. The standard InChI is InChI=1S/C16H21NO4/c1-11(2)21-13-6-3-5-12(9-13)14(18)17-10-16(15(19)20)7-4-8-16/h3,5-6,9,11H,4,7-8,10H2,1-2H3,(H,17,18)(H,19,20). The van der Waals surface area contributed by atoms with E-state index in [2.05, 4.69) is 5.32 Å². The van der Waals surface area contributed by atoms with E-state index in [9.17, 15) is 14.7 Å². The summed E-state index contributed by atoms with van der Waals surface area (Å²) >= 11 is 0. The van der Waals surface area contributed by atoms with Gasteiger partial charge in [0.05, 0.1) is 11.5 Å². The molecule has 0 spiro atoms. The first-order valence-electron chi connectivity index (χ1n) is 7.21. The predicted octanol–water partition coefficient (Wildman–Crippen LogP) is 2.46. The first-order valence-corrected chi connectivity index (χ1v) is 7.21. The Kier molecular flexibility index (Phi) is 4.50. The first-order chi connectivity index (χ1) is 9.93. The normalized spacial score (nSPS) is 16.1. The SMILES string of the molecule is CC(C)Oc1cccc(C(=O)NCC2(C(=O)O)CCC2)c1. The number of carbonyl (C=O) groups excluding carboxylic acids is 1. The Morgan fingerprint density at radius 1 is 1.38 bits per heavy atom. The number of hydrogen-bond acceptors (Lipinski definition) is 3. The third-order valence-electron chi connectivity index (χ3n) is 3.82. The summed E-state index contributed by atoms with van der Waals surface area (Å²) in [7, 11) is 0. The van der Waals surface area contributed by atoms with Crippen molar-refractivity contribution in [3.63, 3.8) is 0 Å². The highest BCUT2D eigenvalue weighted by atomic mass is 16.5. The lowest BCUT2D eigenvalue weighted by Gasteiger charge is -2.37. The predicted molar refractivity (Wildman–Crippen MR) is 78.5 cm³/mol. The molecule has 1 amide bonds. The zero-order valence-corrected chi connectivity index (χ0v) is 12.4. The molecule has 2 rings (SSSR count). The Morgan fingerprint density at radius 3 is 2.62 bits per heavy atom. The smallest absolute Gasteiger partial charge is 0.311 e. The molecule has 5 nitrogen and oxygen atoms in total. The number of ether oxygens (including phenoxy) is 1. The second-order valence-electron chi connectivity index (χ2n) is 5.82. The molecule has 0 saturated heterocycles. The Hall–Kier alpha value is -2.04. The molecule has 0 unspecified atom stereocenters. The molecule has 0 atom stereocenters. The Balaban J connectivity index is 1.98. The van der Waals surface area contributed by atoms with Crippen LogP contribution in [0.2, 0.25) is 0 Å². The van der Waals surface area contributed by atoms with E-state index in [-0.39, 0.29) is 18.6 Å². The van der Waals surface area contributed by atoms with Gasteiger partial charge < -0.3 is 15.2 Å². The van der Waals surface area contributed by atoms with E-state index in [1.165, 1.54) is 0 Å². The highest BCUT2D eigenvalue weighted by Crippen LogP contribution is 2.40. The first kappa shape index (κ1) is 15.4. The fourth-order valence-corrected chi connectivity index (χ4v) is 2.40. The molecule has 1 fully saturated rings. The molecule has 1 aromatic carbocycles. The summed E-state index contributed by atoms with van der Waals surface area (Å²) in [6, 6.07) is 6.91. The topological polar surface area (TPSA) is 75.6 Å². The van der Waals surface area contributed by atoms with Crippen LogP contribution in [0.5, 0.6) is 5.75 Å². The zero-order chi connectivity index (χ0) is 15.5. The van der Waals surface area contributed by atoms with Gasteiger partial charge in [-0.25, -0.2) is 0 Å². The molecular formula is C16H21NO4. The van der Waals surface area contributed by atoms with Gasteiger partial charge in [0.15, 0.2) is 0 Å². The van der Waals surface area contributed by atoms with E-state index in [0.29, 0.717) is 24.2 Å². The van der Waals surface area contributed by atoms with Gasteiger partial charge in [0.1, 0.15) is 5.75 Å². The number of aliphatic carboxylic acids is 1. The third kappa shape index (κ3) is 3.54. The molecule has 1 aliphatic rings. The molecule has 1 aromatic rings. The van der Waals surface area contributed by atoms with Crippen LogP contribution in [0.4, 0.5) is 0 Å². The van der Waals surface area contributed by atoms with Gasteiger partial charge >= 0.3 is 5.97 Å². The molecule has 1 aliphatic carbocycles. The summed E-state index contributed by atoms with van der Waals surface area (Å²) in [6.45, 7) is 4.01. The van der Waals surface area contributed by atoms with Crippen molar-refractivity contribution >= 4 is 11.9 Å². The van der Waals surface area contributed by atoms with Crippen molar-refractivity contribution in [2.45, 2.75) is 39.2 Å². The molecule has 0 aliphatic heterocycles. The highest BCUT2D eigenvalue weighted by molar-refractivity contribution is 5.95. The summed E-state index contributed by atoms with van der Waals surface area (Å²) < 4.78 is 5.55. The number of hydrogen-bond donors (Lipinski definition) is 2. The maximum absolute atomic E-state index is 12.1. The van der Waals surface area contributed by atoms with Crippen LogP contribution in [0.3, 0.4) is 0 Å². The summed E-state index contributed by atoms with van der Waals surface area (Å²) in [5, 5.41) is 12.0. The molecule has 2 N–H and O–H groups in total. The number of carboxylic acids is 1. The van der Waals surface area contributed by atoms with Crippen LogP contribution >= 0.6 is 0 Å². The average Bonchev–Trinajstić information content (AvgIpc) is 2.36. The van der Waals surface area contributed by atoms with Gasteiger partial charge in [-0.2, -0.15) is 0 Å². The maximum atomic E-state index is 12.1. The molecule has 0 bridgehead atoms. The minimum atomic E-state index is -0.828. The number of benzene rings is 1. The molecule has 0 aromatic heterocycles. The number of nitrogens with one attached hydrogen (secondary N) is 1. The lowest BCUT2D eigenvalue weighted by Crippen LogP contribution is -2.47. The van der Waals surface area contributed by atoms with Gasteiger partial charge in [-0.15, -0.1) is 0 Å². The van der Waals surface area contributed by atoms with Crippen molar-refractivity contribution in [2.24, 2.45) is 5.41 Å². The minimum absolute atomic E-state index is 0.0357. The fourth-order valence-electron chi connectivity index (χ4n) is 2.40. The van der Waals surface area contributed by atoms with Crippen LogP contribution in [0.25, 0.3) is 0 Å². The van der Waals surface area contributed by atoms with Crippen LogP contribution in [-0.2, 0) is 4.79 Å². The molecule has 0 heterocycles. The summed E-state index contributed by atoms with van der Waals surface area (Å²) in [5.41, 5.74) is -0.296. The van der Waals surface area contributed by atoms with Gasteiger partial charge in [0.2, 0.25) is 0 Å². The van der Waals surface area contributed by atoms with E-state index in [1.807, 2.05) is 13.8 Å². The maximum Gasteiger partial charge on any atom is 0.311 e. The molecule has 114 valence electrons. The number of carboxylic acid groups (broad SMARTS) is 1. The molecule has 0 radical (unpaired) electrons. The molecule has 5 heteroatoms. The lowest BCUT2D eigenvalue weighted by atomic mass is 9.69. The molecule has 1 saturated carbocycles. The Bertz CT molecular complexity index is 535. The van der Waals surface area contributed by atoms with Gasteiger partial charge in [-0.1, -0.05) is 12.5 Å². The van der Waals surface area contributed by atoms with Crippen LogP contribution < -0.4 is 10.1 Å². The second-order valence-corrected chi connectivity index (χ2v) is 5.82. The van der Waals surface area contributed by atoms with Crippen LogP contribution in [0.1, 0.15) is 43.5 Å². The fraction of sp³-hybridized carbons (Fsp3) is 0.500. The Morgan fingerprint density at radius 2 is 2.10 bits per heavy atom. The number of amides is 1. The van der Waals surface area contributed by atoms with Crippen molar-refractivity contribution in [3.05, 3.63) is 29.8 Å². The molecular weight excluding hydrogens is 270 g/mol. The minimum Gasteiger partial charge on any atom is -0.491 e. The van der Waals surface area contributed by atoms with Crippen molar-refractivity contribution in [1.82, 2.24) is 5.32 Å². The van der Waals surface area contributed by atoms with Crippen LogP contribution in [-0.4, -0.2) is 29.6 Å². The van der Waals surface area contributed by atoms with Gasteiger partial charge in [-0.05, 0) is 44.9 Å². The quantitative estimate of drug-likeness (QED) is 0.844. The van der Waals surface area contributed by atoms with Crippen molar-refractivity contribution in [3.8, 4) is 5.75 Å². The van der Waals surface area contributed by atoms with E-state index in [4.69, 9.17) is 4.74 Å². The van der Waals surface area contributed by atoms with E-state index in [1.54, 1.807) is 24.3 Å². The number of carbonyl (C=O) groups is 2. The van der Waals surface area contributed by atoms with Gasteiger partial charge in [0.25, 0.3) is 5.91 Å². The van der Waals surface area contributed by atoms with Gasteiger partial charge in [0, 0.05) is 12.1 Å². The zero-order valence-electron chi connectivity index (χ0n) is 12.4. The summed E-state index contributed by atoms with van der Waals surface area (Å²) in [6.07, 6.45) is 2.19. The van der Waals surface area contributed by atoms with Gasteiger partial charge in [-0.3, -0.25) is 9.59 Å². The monoisotopic (exact) mass is 291 g/mol. The van der Waals surface area contributed by atoms with Crippen molar-refractivity contribution in [1.29, 1.82) is 0 Å². The van der Waals surface area contributed by atoms with Crippen LogP contribution in [0.15, 0.2) is 24.3 Å². The summed E-state index contributed by atoms with van der Waals surface area (Å²) in [4.78, 5) is 23.4. The van der Waals surface area contributed by atoms with Crippen molar-refractivity contribution in [2.75, 3.05) is 6.54 Å². The Labute approximate surface area is 124 Å². The highest BCUT2D eigenvalue weighted by Gasteiger charge is 2.44. The second kappa shape index (κ2) is 6.16. The van der Waals surface area contributed by atoms with E-state index in [0.717, 1.165) is 6.42 Å². The average molecular weight is 291 g/mol. The number of rotatable bonds is 6. The summed E-state index contributed by atoms with van der Waals surface area (Å²) in [5.74, 6) is -0.461. The largest absolute Gasteiger partial charge is 0.491 e. The van der Waals surface area contributed by atoms with E-state index >= 15 is 0 Å². The molecule has 21 heavy (non-hydrogen) atoms. The van der Waals surface area contributed by atoms with Crippen LogP contribution in [0, 0.1) is 5.41 Å². The third-order valence-corrected chi connectivity index (χ3v) is 3.82.